The highest BCUT2D eigenvalue weighted by molar-refractivity contribution is 5.81. The molecule has 0 unspecified atom stereocenters. The van der Waals surface area contributed by atoms with Crippen molar-refractivity contribution in [2.24, 2.45) is 0 Å². The number of amides is 1. The molecule has 6 heteroatoms. The van der Waals surface area contributed by atoms with Crippen molar-refractivity contribution < 1.29 is 9.90 Å². The molecule has 1 aromatic rings. The monoisotopic (exact) mass is 304 g/mol. The molecule has 0 saturated carbocycles. The summed E-state index contributed by atoms with van der Waals surface area (Å²) in [4.78, 5) is 20.2. The van der Waals surface area contributed by atoms with Crippen LogP contribution >= 0.6 is 0 Å². The van der Waals surface area contributed by atoms with Gasteiger partial charge in [0.2, 0.25) is 0 Å². The van der Waals surface area contributed by atoms with E-state index in [2.05, 4.69) is 20.1 Å². The topological polar surface area (TPSA) is 68.7 Å². The number of carboxylic acid groups (broad SMARTS) is 1. The first-order chi connectivity index (χ1) is 10.7. The molecule has 1 aromatic heterocycles. The highest BCUT2D eigenvalue weighted by Gasteiger charge is 2.18. The van der Waals surface area contributed by atoms with Crippen molar-refractivity contribution in [2.75, 3.05) is 31.5 Å². The molecule has 0 aromatic carbocycles. The molecule has 0 bridgehead atoms. The molecule has 2 N–H and O–H groups in total. The number of hydrogen-bond donors (Lipinski definition) is 2. The minimum Gasteiger partial charge on any atom is -0.465 e. The Morgan fingerprint density at radius 3 is 2.23 bits per heavy atom. The van der Waals surface area contributed by atoms with Gasteiger partial charge in [-0.3, -0.25) is 15.1 Å². The molecular formula is C16H24N4O2. The zero-order valence-corrected chi connectivity index (χ0v) is 12.9. The summed E-state index contributed by atoms with van der Waals surface area (Å²) < 4.78 is 0. The summed E-state index contributed by atoms with van der Waals surface area (Å²) in [6.07, 6.45) is 3.97. The van der Waals surface area contributed by atoms with Crippen LogP contribution in [0.15, 0.2) is 12.1 Å². The fourth-order valence-electron chi connectivity index (χ4n) is 3.32. The molecule has 2 fully saturated rings. The van der Waals surface area contributed by atoms with Gasteiger partial charge >= 0.3 is 6.09 Å². The maximum atomic E-state index is 10.8. The molecular weight excluding hydrogens is 280 g/mol. The fourth-order valence-corrected chi connectivity index (χ4v) is 3.32. The van der Waals surface area contributed by atoms with Gasteiger partial charge in [-0.15, -0.1) is 0 Å². The van der Waals surface area contributed by atoms with E-state index >= 15 is 0 Å². The first-order valence-corrected chi connectivity index (χ1v) is 8.14. The summed E-state index contributed by atoms with van der Waals surface area (Å²) in [5, 5.41) is 11.2. The number of aromatic nitrogens is 1. The Hall–Kier alpha value is -1.66. The zero-order valence-electron chi connectivity index (χ0n) is 12.9. The number of rotatable bonds is 5. The maximum Gasteiger partial charge on any atom is 0.410 e. The minimum atomic E-state index is -1.06. The minimum absolute atomic E-state index is 0.423. The molecule has 0 spiro atoms. The van der Waals surface area contributed by atoms with Crippen LogP contribution in [0.2, 0.25) is 0 Å². The number of likely N-dealkylation sites (tertiary alicyclic amines) is 2. The molecule has 22 heavy (non-hydrogen) atoms. The number of nitrogens with zero attached hydrogens (tertiary/aromatic N) is 3. The fraction of sp³-hybridized carbons (Fsp3) is 0.625. The third kappa shape index (κ3) is 3.96. The van der Waals surface area contributed by atoms with E-state index in [9.17, 15) is 4.79 Å². The van der Waals surface area contributed by atoms with Crippen molar-refractivity contribution in [3.05, 3.63) is 23.4 Å². The Balaban J connectivity index is 1.77. The molecule has 0 radical (unpaired) electrons. The Morgan fingerprint density at radius 2 is 1.64 bits per heavy atom. The van der Waals surface area contributed by atoms with Crippen LogP contribution in [0.25, 0.3) is 0 Å². The van der Waals surface area contributed by atoms with Crippen molar-refractivity contribution in [3.8, 4) is 0 Å². The Kier molecular flexibility index (Phi) is 4.90. The van der Waals surface area contributed by atoms with Gasteiger partial charge in [0.05, 0.1) is 5.69 Å². The molecule has 3 rings (SSSR count). The first kappa shape index (κ1) is 15.2. The summed E-state index contributed by atoms with van der Waals surface area (Å²) in [6, 6.07) is 3.80. The van der Waals surface area contributed by atoms with Crippen molar-refractivity contribution in [2.45, 2.75) is 38.8 Å². The lowest BCUT2D eigenvalue weighted by Crippen LogP contribution is -2.24. The zero-order chi connectivity index (χ0) is 15.4. The number of carbonyl (C=O) groups is 1. The predicted octanol–water partition coefficient (Wildman–Crippen LogP) is 2.36. The summed E-state index contributed by atoms with van der Waals surface area (Å²) in [5.41, 5.74) is 2.24. The van der Waals surface area contributed by atoms with Gasteiger partial charge in [0.15, 0.2) is 0 Å². The van der Waals surface area contributed by atoms with Crippen LogP contribution in [0.5, 0.6) is 0 Å². The normalized spacial score (nSPS) is 19.6. The van der Waals surface area contributed by atoms with Crippen molar-refractivity contribution >= 4 is 11.9 Å². The van der Waals surface area contributed by atoms with Gasteiger partial charge in [0, 0.05) is 13.1 Å². The Labute approximate surface area is 131 Å². The molecule has 3 heterocycles. The Morgan fingerprint density at radius 1 is 1.05 bits per heavy atom. The molecule has 0 aliphatic carbocycles. The average Bonchev–Trinajstić information content (AvgIpc) is 3.14. The van der Waals surface area contributed by atoms with Gasteiger partial charge in [-0.2, -0.15) is 0 Å². The van der Waals surface area contributed by atoms with E-state index in [-0.39, 0.29) is 0 Å². The van der Waals surface area contributed by atoms with E-state index in [0.29, 0.717) is 5.82 Å². The van der Waals surface area contributed by atoms with Crippen LogP contribution < -0.4 is 5.32 Å². The lowest BCUT2D eigenvalue weighted by atomic mass is 10.1. The van der Waals surface area contributed by atoms with E-state index in [4.69, 9.17) is 5.11 Å². The van der Waals surface area contributed by atoms with E-state index < -0.39 is 6.09 Å². The standard InChI is InChI=1S/C16H24N4O2/c21-16(22)18-15-6-5-13(11-19-7-1-2-8-19)14(17-15)12-20-9-3-4-10-20/h5-6H,1-4,7-12H2,(H,17,18)(H,21,22). The van der Waals surface area contributed by atoms with E-state index in [1.54, 1.807) is 6.07 Å². The van der Waals surface area contributed by atoms with Crippen molar-refractivity contribution in [3.63, 3.8) is 0 Å². The second-order valence-electron chi connectivity index (χ2n) is 6.20. The predicted molar refractivity (Wildman–Crippen MR) is 84.9 cm³/mol. The van der Waals surface area contributed by atoms with E-state index in [1.807, 2.05) is 6.07 Å². The smallest absolute Gasteiger partial charge is 0.410 e. The van der Waals surface area contributed by atoms with Gasteiger partial charge in [-0.05, 0) is 63.5 Å². The average molecular weight is 304 g/mol. The van der Waals surface area contributed by atoms with Crippen LogP contribution in [-0.2, 0) is 13.1 Å². The van der Waals surface area contributed by atoms with Crippen molar-refractivity contribution in [1.29, 1.82) is 0 Å². The number of pyridine rings is 1. The third-order valence-electron chi connectivity index (χ3n) is 4.47. The van der Waals surface area contributed by atoms with Gasteiger partial charge in [0.1, 0.15) is 5.82 Å². The summed E-state index contributed by atoms with van der Waals surface area (Å²) in [7, 11) is 0. The highest BCUT2D eigenvalue weighted by Crippen LogP contribution is 2.20. The molecule has 2 saturated heterocycles. The van der Waals surface area contributed by atoms with Gasteiger partial charge in [-0.1, -0.05) is 6.07 Å². The van der Waals surface area contributed by atoms with Gasteiger partial charge < -0.3 is 5.11 Å². The third-order valence-corrected chi connectivity index (χ3v) is 4.47. The Bertz CT molecular complexity index is 523. The number of nitrogens with one attached hydrogen (secondary N) is 1. The molecule has 2 aliphatic heterocycles. The van der Waals surface area contributed by atoms with Gasteiger partial charge in [0.25, 0.3) is 0 Å². The molecule has 1 amide bonds. The summed E-state index contributed by atoms with van der Waals surface area (Å²) in [5.74, 6) is 0.423. The van der Waals surface area contributed by atoms with Crippen LogP contribution in [0.3, 0.4) is 0 Å². The quantitative estimate of drug-likeness (QED) is 0.874. The van der Waals surface area contributed by atoms with Crippen LogP contribution in [-0.4, -0.2) is 52.2 Å². The maximum absolute atomic E-state index is 10.8. The molecule has 0 atom stereocenters. The van der Waals surface area contributed by atoms with Crippen LogP contribution in [0, 0.1) is 0 Å². The second kappa shape index (κ2) is 7.07. The van der Waals surface area contributed by atoms with E-state index in [1.165, 1.54) is 31.2 Å². The van der Waals surface area contributed by atoms with Gasteiger partial charge in [-0.25, -0.2) is 9.78 Å². The highest BCUT2D eigenvalue weighted by atomic mass is 16.4. The lowest BCUT2D eigenvalue weighted by molar-refractivity contribution is 0.209. The number of anilines is 1. The summed E-state index contributed by atoms with van der Waals surface area (Å²) in [6.45, 7) is 6.27. The molecule has 6 nitrogen and oxygen atoms in total. The van der Waals surface area contributed by atoms with Crippen LogP contribution in [0.4, 0.5) is 10.6 Å². The lowest BCUT2D eigenvalue weighted by Gasteiger charge is -2.20. The first-order valence-electron chi connectivity index (χ1n) is 8.14. The summed E-state index contributed by atoms with van der Waals surface area (Å²) >= 11 is 0. The van der Waals surface area contributed by atoms with Crippen molar-refractivity contribution in [1.82, 2.24) is 14.8 Å². The molecule has 120 valence electrons. The second-order valence-corrected chi connectivity index (χ2v) is 6.20. The SMILES string of the molecule is O=C(O)Nc1ccc(CN2CCCC2)c(CN2CCCC2)n1. The molecule has 2 aliphatic rings. The number of hydrogen-bond acceptors (Lipinski definition) is 4. The van der Waals surface area contributed by atoms with E-state index in [0.717, 1.165) is 45.0 Å². The van der Waals surface area contributed by atoms with Crippen LogP contribution in [0.1, 0.15) is 36.9 Å². The largest absolute Gasteiger partial charge is 0.465 e.